The van der Waals surface area contributed by atoms with Crippen LogP contribution in [0, 0.1) is 5.92 Å². The molecule has 8 nitrogen and oxygen atoms in total. The van der Waals surface area contributed by atoms with Crippen LogP contribution in [0.1, 0.15) is 64.6 Å². The summed E-state index contributed by atoms with van der Waals surface area (Å²) in [6.07, 6.45) is 3.74. The minimum absolute atomic E-state index is 0.0303. The van der Waals surface area contributed by atoms with Crippen LogP contribution in [-0.4, -0.2) is 35.5 Å². The number of allylic oxidation sites excluding steroid dienone is 1. The normalized spacial score (nSPS) is 15.2. The van der Waals surface area contributed by atoms with Crippen LogP contribution in [0.25, 0.3) is 6.08 Å². The Morgan fingerprint density at radius 1 is 1.15 bits per heavy atom. The summed E-state index contributed by atoms with van der Waals surface area (Å²) in [4.78, 5) is 32.4. The number of hydrogen-bond acceptors (Lipinski definition) is 8. The zero-order valence-electron chi connectivity index (χ0n) is 23.6. The van der Waals surface area contributed by atoms with Gasteiger partial charge in [-0.1, -0.05) is 56.7 Å². The summed E-state index contributed by atoms with van der Waals surface area (Å²) in [5, 5.41) is 10.1. The number of thiazole rings is 1. The molecule has 1 N–H and O–H groups in total. The van der Waals surface area contributed by atoms with Crippen LogP contribution in [-0.2, 0) is 9.53 Å². The minimum atomic E-state index is -0.707. The van der Waals surface area contributed by atoms with E-state index in [1.54, 1.807) is 29.7 Å². The second kappa shape index (κ2) is 13.0. The maximum Gasteiger partial charge on any atom is 0.338 e. The highest BCUT2D eigenvalue weighted by Gasteiger charge is 2.33. The summed E-state index contributed by atoms with van der Waals surface area (Å²) in [5.74, 6) is 0.775. The Morgan fingerprint density at radius 3 is 2.58 bits per heavy atom. The predicted octanol–water partition coefficient (Wildman–Crippen LogP) is 4.72. The van der Waals surface area contributed by atoms with E-state index >= 15 is 0 Å². The Kier molecular flexibility index (Phi) is 9.47. The number of esters is 1. The van der Waals surface area contributed by atoms with E-state index in [2.05, 4.69) is 11.9 Å². The highest BCUT2D eigenvalue weighted by Crippen LogP contribution is 2.32. The van der Waals surface area contributed by atoms with Crippen molar-refractivity contribution in [3.8, 4) is 17.2 Å². The molecule has 40 heavy (non-hydrogen) atoms. The third-order valence-corrected chi connectivity index (χ3v) is 7.32. The number of rotatable bonds is 11. The van der Waals surface area contributed by atoms with Gasteiger partial charge in [0.15, 0.2) is 16.3 Å². The first-order chi connectivity index (χ1) is 19.2. The molecule has 0 spiro atoms. The van der Waals surface area contributed by atoms with Crippen LogP contribution in [0.2, 0.25) is 0 Å². The molecule has 212 valence electrons. The van der Waals surface area contributed by atoms with Gasteiger partial charge in [0.2, 0.25) is 0 Å². The fraction of sp³-hybridized carbons (Fsp3) is 0.387. The van der Waals surface area contributed by atoms with Gasteiger partial charge in [0, 0.05) is 0 Å². The number of benzene rings is 2. The number of carbonyl (C=O) groups excluding carboxylic acids is 1. The van der Waals surface area contributed by atoms with Crippen LogP contribution in [0.5, 0.6) is 17.2 Å². The van der Waals surface area contributed by atoms with Crippen LogP contribution >= 0.6 is 11.3 Å². The molecule has 2 heterocycles. The van der Waals surface area contributed by atoms with Crippen molar-refractivity contribution in [1.82, 2.24) is 4.57 Å². The van der Waals surface area contributed by atoms with E-state index in [0.29, 0.717) is 45.1 Å². The Bertz CT molecular complexity index is 1570. The minimum Gasteiger partial charge on any atom is -0.504 e. The molecule has 0 saturated heterocycles. The summed E-state index contributed by atoms with van der Waals surface area (Å²) in [5.41, 5.74) is 2.03. The van der Waals surface area contributed by atoms with Gasteiger partial charge in [-0.3, -0.25) is 9.36 Å². The summed E-state index contributed by atoms with van der Waals surface area (Å²) in [6.45, 7) is 10.9. The third kappa shape index (κ3) is 6.47. The number of carbonyl (C=O) groups is 1. The van der Waals surface area contributed by atoms with Crippen molar-refractivity contribution in [3.05, 3.63) is 84.5 Å². The molecule has 0 radical (unpaired) electrons. The maximum atomic E-state index is 13.9. The molecule has 1 aromatic heterocycles. The number of unbranched alkanes of at least 4 members (excludes halogenated alkanes) is 1. The van der Waals surface area contributed by atoms with Gasteiger partial charge >= 0.3 is 5.97 Å². The summed E-state index contributed by atoms with van der Waals surface area (Å²) < 4.78 is 19.0. The average Bonchev–Trinajstić information content (AvgIpc) is 3.23. The SMILES string of the molecule is CCCCOc1ccc(C2C(C(=O)OCC(C)C)=C(C)N=c3sc(=Cc4ccc(O)c(OCC)c4)c(=O)n32)cc1. The Balaban J connectivity index is 1.82. The Morgan fingerprint density at radius 2 is 1.90 bits per heavy atom. The molecule has 1 atom stereocenters. The molecule has 4 rings (SSSR count). The lowest BCUT2D eigenvalue weighted by atomic mass is 9.96. The molecule has 3 aromatic rings. The monoisotopic (exact) mass is 564 g/mol. The number of aromatic hydroxyl groups is 1. The van der Waals surface area contributed by atoms with Crippen molar-refractivity contribution in [2.24, 2.45) is 10.9 Å². The fourth-order valence-corrected chi connectivity index (χ4v) is 5.39. The van der Waals surface area contributed by atoms with E-state index in [0.717, 1.165) is 24.2 Å². The molecule has 0 bridgehead atoms. The van der Waals surface area contributed by atoms with Crippen molar-refractivity contribution >= 4 is 23.4 Å². The van der Waals surface area contributed by atoms with E-state index < -0.39 is 12.0 Å². The molecular weight excluding hydrogens is 528 g/mol. The standard InChI is InChI=1S/C31H36N2O6S/c1-6-8-15-38-23-12-10-22(11-13-23)28-27(30(36)39-18-19(3)4)20(5)32-31-33(28)29(35)26(40-31)17-21-9-14-24(34)25(16-21)37-7-2/h9-14,16-17,19,28,34H,6-8,15,18H2,1-5H3. The van der Waals surface area contributed by atoms with E-state index in [4.69, 9.17) is 14.2 Å². The van der Waals surface area contributed by atoms with Gasteiger partial charge in [-0.2, -0.15) is 0 Å². The lowest BCUT2D eigenvalue weighted by molar-refractivity contribution is -0.140. The topological polar surface area (TPSA) is 99.4 Å². The molecule has 9 heteroatoms. The third-order valence-electron chi connectivity index (χ3n) is 6.33. The van der Waals surface area contributed by atoms with Gasteiger partial charge in [-0.05, 0) is 67.7 Å². The second-order valence-electron chi connectivity index (χ2n) is 10.0. The van der Waals surface area contributed by atoms with Crippen LogP contribution < -0.4 is 24.4 Å². The van der Waals surface area contributed by atoms with Gasteiger partial charge in [-0.25, -0.2) is 9.79 Å². The van der Waals surface area contributed by atoms with Crippen LogP contribution in [0.3, 0.4) is 0 Å². The van der Waals surface area contributed by atoms with Crippen molar-refractivity contribution < 1.29 is 24.1 Å². The number of hydrogen-bond donors (Lipinski definition) is 1. The van der Waals surface area contributed by atoms with Gasteiger partial charge < -0.3 is 19.3 Å². The van der Waals surface area contributed by atoms with E-state index in [1.165, 1.54) is 17.4 Å². The average molecular weight is 565 g/mol. The van der Waals surface area contributed by atoms with E-state index in [1.807, 2.05) is 45.0 Å². The molecule has 0 saturated carbocycles. The Labute approximate surface area is 237 Å². The number of ether oxygens (including phenoxy) is 3. The molecule has 1 unspecified atom stereocenters. The zero-order valence-corrected chi connectivity index (χ0v) is 24.4. The largest absolute Gasteiger partial charge is 0.504 e. The fourth-order valence-electron chi connectivity index (χ4n) is 4.34. The Hall–Kier alpha value is -3.85. The summed E-state index contributed by atoms with van der Waals surface area (Å²) in [6, 6.07) is 11.7. The van der Waals surface area contributed by atoms with Crippen molar-refractivity contribution in [2.75, 3.05) is 19.8 Å². The molecule has 0 amide bonds. The second-order valence-corrected chi connectivity index (χ2v) is 11.0. The summed E-state index contributed by atoms with van der Waals surface area (Å²) in [7, 11) is 0. The first-order valence-corrected chi connectivity index (χ1v) is 14.4. The van der Waals surface area contributed by atoms with Crippen molar-refractivity contribution in [2.45, 2.75) is 53.5 Å². The van der Waals surface area contributed by atoms with Gasteiger partial charge in [0.1, 0.15) is 5.75 Å². The van der Waals surface area contributed by atoms with E-state index in [-0.39, 0.29) is 23.8 Å². The number of aromatic nitrogens is 1. The lowest BCUT2D eigenvalue weighted by Gasteiger charge is -2.25. The van der Waals surface area contributed by atoms with Crippen LogP contribution in [0.15, 0.2) is 63.5 Å². The number of fused-ring (bicyclic) bond motifs is 1. The molecular formula is C31H36N2O6S. The smallest absolute Gasteiger partial charge is 0.338 e. The maximum absolute atomic E-state index is 13.9. The molecule has 2 aromatic carbocycles. The molecule has 0 aliphatic carbocycles. The van der Waals surface area contributed by atoms with Gasteiger partial charge in [0.05, 0.1) is 41.7 Å². The first kappa shape index (κ1) is 29.1. The lowest BCUT2D eigenvalue weighted by Crippen LogP contribution is -2.40. The number of nitrogens with zero attached hydrogens (tertiary/aromatic N) is 2. The van der Waals surface area contributed by atoms with Crippen molar-refractivity contribution in [3.63, 3.8) is 0 Å². The van der Waals surface area contributed by atoms with Crippen LogP contribution in [0.4, 0.5) is 0 Å². The highest BCUT2D eigenvalue weighted by molar-refractivity contribution is 7.07. The molecule has 1 aliphatic rings. The highest BCUT2D eigenvalue weighted by atomic mass is 32.1. The first-order valence-electron chi connectivity index (χ1n) is 13.6. The van der Waals surface area contributed by atoms with Crippen molar-refractivity contribution in [1.29, 1.82) is 0 Å². The molecule has 0 fully saturated rings. The number of phenols is 1. The quantitative estimate of drug-likeness (QED) is 0.267. The van der Waals surface area contributed by atoms with Gasteiger partial charge in [0.25, 0.3) is 5.56 Å². The number of phenolic OH excluding ortho intramolecular Hbond substituents is 1. The zero-order chi connectivity index (χ0) is 28.8. The molecule has 1 aliphatic heterocycles. The predicted molar refractivity (Wildman–Crippen MR) is 156 cm³/mol. The van der Waals surface area contributed by atoms with E-state index in [9.17, 15) is 14.7 Å². The summed E-state index contributed by atoms with van der Waals surface area (Å²) >= 11 is 1.25. The van der Waals surface area contributed by atoms with Gasteiger partial charge in [-0.15, -0.1) is 0 Å².